The number of methoxy groups -OCH3 is 1. The van der Waals surface area contributed by atoms with Gasteiger partial charge in [0.05, 0.1) is 22.6 Å². The van der Waals surface area contributed by atoms with Crippen LogP contribution in [0.4, 0.5) is 11.4 Å². The minimum Gasteiger partial charge on any atom is -0.497 e. The minimum absolute atomic E-state index is 0.0609. The third kappa shape index (κ3) is 3.75. The van der Waals surface area contributed by atoms with Crippen LogP contribution in [0.2, 0.25) is 0 Å². The van der Waals surface area contributed by atoms with Crippen molar-refractivity contribution in [3.05, 3.63) is 58.6 Å². The molecule has 0 saturated heterocycles. The summed E-state index contributed by atoms with van der Waals surface area (Å²) in [6.07, 6.45) is 0. The maximum Gasteiger partial charge on any atom is 0.327 e. The summed E-state index contributed by atoms with van der Waals surface area (Å²) in [6, 6.07) is 8.85. The number of nitro groups is 1. The second-order valence-electron chi connectivity index (χ2n) is 5.27. The van der Waals surface area contributed by atoms with E-state index < -0.39 is 32.6 Å². The predicted octanol–water partition coefficient (Wildman–Crippen LogP) is 2.27. The van der Waals surface area contributed by atoms with Gasteiger partial charge in [0.25, 0.3) is 15.7 Å². The van der Waals surface area contributed by atoms with E-state index in [-0.39, 0.29) is 10.6 Å². The van der Waals surface area contributed by atoms with Gasteiger partial charge in [0, 0.05) is 18.2 Å². The van der Waals surface area contributed by atoms with Crippen molar-refractivity contribution in [2.24, 2.45) is 0 Å². The molecule has 0 aromatic heterocycles. The molecule has 0 heterocycles. The van der Waals surface area contributed by atoms with Gasteiger partial charge in [0.2, 0.25) is 0 Å². The van der Waals surface area contributed by atoms with Crippen LogP contribution in [0.3, 0.4) is 0 Å². The largest absolute Gasteiger partial charge is 0.497 e. The molecule has 0 spiro atoms. The minimum atomic E-state index is -4.39. The van der Waals surface area contributed by atoms with Crippen molar-refractivity contribution < 1.29 is 28.0 Å². The number of benzene rings is 2. The molecule has 1 unspecified atom stereocenters. The third-order valence-corrected chi connectivity index (χ3v) is 5.50. The van der Waals surface area contributed by atoms with Gasteiger partial charge < -0.3 is 9.84 Å². The van der Waals surface area contributed by atoms with Gasteiger partial charge in [-0.1, -0.05) is 12.1 Å². The first kappa shape index (κ1) is 19.2. The lowest BCUT2D eigenvalue weighted by molar-refractivity contribution is -0.385. The number of nitro benzene ring substituents is 1. The number of ether oxygens (including phenoxy) is 1. The highest BCUT2D eigenvalue weighted by Crippen LogP contribution is 2.30. The highest BCUT2D eigenvalue weighted by atomic mass is 32.2. The fraction of sp³-hybridized carbons (Fsp3) is 0.188. The van der Waals surface area contributed by atoms with Gasteiger partial charge in [-0.15, -0.1) is 0 Å². The molecule has 1 N–H and O–H groups in total. The second kappa shape index (κ2) is 7.40. The number of nitrogens with zero attached hydrogens (tertiary/aromatic N) is 2. The molecule has 2 aromatic carbocycles. The van der Waals surface area contributed by atoms with E-state index in [1.165, 1.54) is 44.4 Å². The van der Waals surface area contributed by atoms with E-state index in [1.54, 1.807) is 6.07 Å². The number of sulfonamides is 1. The van der Waals surface area contributed by atoms with E-state index >= 15 is 0 Å². The molecule has 0 radical (unpaired) electrons. The summed E-state index contributed by atoms with van der Waals surface area (Å²) in [5.41, 5.74) is -0.356. The second-order valence-corrected chi connectivity index (χ2v) is 7.09. The Balaban J connectivity index is 2.65. The van der Waals surface area contributed by atoms with Gasteiger partial charge in [0.1, 0.15) is 11.8 Å². The first-order chi connectivity index (χ1) is 12.2. The van der Waals surface area contributed by atoms with Gasteiger partial charge in [0.15, 0.2) is 0 Å². The van der Waals surface area contributed by atoms with Crippen LogP contribution in [0.1, 0.15) is 6.92 Å². The van der Waals surface area contributed by atoms with Crippen molar-refractivity contribution >= 4 is 27.4 Å². The van der Waals surface area contributed by atoms with Crippen LogP contribution in [0, 0.1) is 10.1 Å². The average molecular weight is 380 g/mol. The predicted molar refractivity (Wildman–Crippen MR) is 92.9 cm³/mol. The smallest absolute Gasteiger partial charge is 0.327 e. The molecule has 0 bridgehead atoms. The molecule has 0 aliphatic rings. The number of carbonyl (C=O) groups is 1. The maximum absolute atomic E-state index is 13.1. The van der Waals surface area contributed by atoms with Crippen molar-refractivity contribution in [2.45, 2.75) is 17.9 Å². The summed E-state index contributed by atoms with van der Waals surface area (Å²) in [4.78, 5) is 21.3. The summed E-state index contributed by atoms with van der Waals surface area (Å²) in [7, 11) is -3.00. The van der Waals surface area contributed by atoms with Crippen LogP contribution in [0.15, 0.2) is 53.4 Å². The Morgan fingerprint density at radius 2 is 1.88 bits per heavy atom. The Labute approximate surface area is 149 Å². The van der Waals surface area contributed by atoms with Crippen molar-refractivity contribution in [1.29, 1.82) is 0 Å². The first-order valence-corrected chi connectivity index (χ1v) is 8.78. The number of aliphatic carboxylic acids is 1. The molecular weight excluding hydrogens is 364 g/mol. The lowest BCUT2D eigenvalue weighted by Gasteiger charge is -2.28. The molecule has 1 atom stereocenters. The Morgan fingerprint density at radius 1 is 1.23 bits per heavy atom. The summed E-state index contributed by atoms with van der Waals surface area (Å²) < 4.78 is 31.9. The normalized spacial score (nSPS) is 12.2. The van der Waals surface area contributed by atoms with Crippen LogP contribution >= 0.6 is 0 Å². The molecule has 26 heavy (non-hydrogen) atoms. The first-order valence-electron chi connectivity index (χ1n) is 7.34. The zero-order valence-corrected chi connectivity index (χ0v) is 14.7. The summed E-state index contributed by atoms with van der Waals surface area (Å²) >= 11 is 0. The zero-order valence-electron chi connectivity index (χ0n) is 13.9. The molecule has 138 valence electrons. The quantitative estimate of drug-likeness (QED) is 0.576. The summed E-state index contributed by atoms with van der Waals surface area (Å²) in [5, 5.41) is 20.3. The van der Waals surface area contributed by atoms with E-state index in [4.69, 9.17) is 4.74 Å². The molecule has 0 aliphatic heterocycles. The van der Waals surface area contributed by atoms with Gasteiger partial charge >= 0.3 is 5.97 Å². The summed E-state index contributed by atoms with van der Waals surface area (Å²) in [6.45, 7) is 1.21. The number of anilines is 1. The Morgan fingerprint density at radius 3 is 2.46 bits per heavy atom. The van der Waals surface area contributed by atoms with E-state index in [0.29, 0.717) is 10.1 Å². The number of hydrogen-bond acceptors (Lipinski definition) is 6. The number of rotatable bonds is 7. The van der Waals surface area contributed by atoms with E-state index in [1.807, 2.05) is 0 Å². The van der Waals surface area contributed by atoms with E-state index in [0.717, 1.165) is 12.1 Å². The summed E-state index contributed by atoms with van der Waals surface area (Å²) in [5.74, 6) is -1.04. The number of non-ortho nitro benzene ring substituents is 1. The van der Waals surface area contributed by atoms with Gasteiger partial charge in [-0.3, -0.25) is 14.4 Å². The average Bonchev–Trinajstić information content (AvgIpc) is 2.61. The molecule has 0 amide bonds. The van der Waals surface area contributed by atoms with Crippen LogP contribution < -0.4 is 9.04 Å². The van der Waals surface area contributed by atoms with Crippen LogP contribution in [0.5, 0.6) is 5.75 Å². The maximum atomic E-state index is 13.1. The van der Waals surface area contributed by atoms with Crippen LogP contribution in [-0.4, -0.2) is 37.6 Å². The molecular formula is C16H16N2O7S. The lowest BCUT2D eigenvalue weighted by atomic mass is 10.2. The van der Waals surface area contributed by atoms with Gasteiger partial charge in [-0.2, -0.15) is 0 Å². The molecule has 0 fully saturated rings. The topological polar surface area (TPSA) is 127 Å². The fourth-order valence-electron chi connectivity index (χ4n) is 2.29. The monoisotopic (exact) mass is 380 g/mol. The molecule has 10 heteroatoms. The Bertz CT molecular complexity index is 943. The highest BCUT2D eigenvalue weighted by molar-refractivity contribution is 7.93. The Hall–Kier alpha value is -3.14. The molecule has 2 rings (SSSR count). The van der Waals surface area contributed by atoms with Crippen molar-refractivity contribution in [1.82, 2.24) is 0 Å². The zero-order chi connectivity index (χ0) is 19.5. The lowest BCUT2D eigenvalue weighted by Crippen LogP contribution is -2.43. The van der Waals surface area contributed by atoms with Crippen LogP contribution in [0.25, 0.3) is 0 Å². The fourth-order valence-corrected chi connectivity index (χ4v) is 3.93. The number of carboxylic acid groups (broad SMARTS) is 1. The molecule has 0 aliphatic carbocycles. The van der Waals surface area contributed by atoms with Crippen LogP contribution in [-0.2, 0) is 14.8 Å². The number of carboxylic acids is 1. The Kier molecular flexibility index (Phi) is 5.46. The van der Waals surface area contributed by atoms with Crippen molar-refractivity contribution in [3.63, 3.8) is 0 Å². The van der Waals surface area contributed by atoms with Gasteiger partial charge in [-0.25, -0.2) is 13.2 Å². The number of hydrogen-bond donors (Lipinski definition) is 1. The van der Waals surface area contributed by atoms with Crippen molar-refractivity contribution in [2.75, 3.05) is 11.4 Å². The standard InChI is InChI=1S/C16H16N2O7S/c1-11(16(19)20)17(12-5-3-7-14(9-12)25-2)26(23,24)15-8-4-6-13(10-15)18(21)22/h3-11H,1-2H3,(H,19,20). The molecule has 0 saturated carbocycles. The molecule has 2 aromatic rings. The van der Waals surface area contributed by atoms with E-state index in [9.17, 15) is 28.4 Å². The SMILES string of the molecule is COc1cccc(N(C(C)C(=O)O)S(=O)(=O)c2cccc([N+](=O)[O-])c2)c1. The van der Waals surface area contributed by atoms with E-state index in [2.05, 4.69) is 0 Å². The van der Waals surface area contributed by atoms with Gasteiger partial charge in [-0.05, 0) is 25.1 Å². The van der Waals surface area contributed by atoms with Crippen molar-refractivity contribution in [3.8, 4) is 5.75 Å². The molecule has 9 nitrogen and oxygen atoms in total. The highest BCUT2D eigenvalue weighted by Gasteiger charge is 2.34. The third-order valence-electron chi connectivity index (χ3n) is 3.60.